The molecule has 0 aliphatic rings. The van der Waals surface area contributed by atoms with Gasteiger partial charge in [-0.2, -0.15) is 0 Å². The maximum atomic E-state index is 11.3. The average Bonchev–Trinajstić information content (AvgIpc) is 2.27. The van der Waals surface area contributed by atoms with Crippen molar-refractivity contribution in [2.24, 2.45) is 5.73 Å². The number of benzene rings is 1. The number of hydrogen-bond acceptors (Lipinski definition) is 4. The topological polar surface area (TPSA) is 61.5 Å². The van der Waals surface area contributed by atoms with Crippen LogP contribution in [0, 0.1) is 0 Å². The van der Waals surface area contributed by atoms with Crippen molar-refractivity contribution in [1.82, 2.24) is 0 Å². The van der Waals surface area contributed by atoms with Crippen molar-refractivity contribution < 1.29 is 14.3 Å². The molecule has 15 heavy (non-hydrogen) atoms. The van der Waals surface area contributed by atoms with Crippen molar-refractivity contribution in [1.29, 1.82) is 0 Å². The smallest absolute Gasteiger partial charge is 0.341 e. The molecule has 84 valence electrons. The Kier molecular flexibility index (Phi) is 5.74. The first kappa shape index (κ1) is 13.7. The normalized spacial score (nSPS) is 9.00. The van der Waals surface area contributed by atoms with Crippen LogP contribution in [0.3, 0.4) is 0 Å². The van der Waals surface area contributed by atoms with Crippen LogP contribution in [0.5, 0.6) is 5.75 Å². The van der Waals surface area contributed by atoms with Gasteiger partial charge in [-0.1, -0.05) is 6.07 Å². The summed E-state index contributed by atoms with van der Waals surface area (Å²) in [4.78, 5) is 11.3. The van der Waals surface area contributed by atoms with Gasteiger partial charge < -0.3 is 15.2 Å². The van der Waals surface area contributed by atoms with Gasteiger partial charge in [-0.15, -0.1) is 12.4 Å². The van der Waals surface area contributed by atoms with Crippen LogP contribution in [0.25, 0.3) is 0 Å². The van der Waals surface area contributed by atoms with Gasteiger partial charge in [0.05, 0.1) is 14.2 Å². The van der Waals surface area contributed by atoms with E-state index in [1.54, 1.807) is 18.2 Å². The molecule has 0 atom stereocenters. The number of ether oxygens (including phenoxy) is 2. The SMILES string of the molecule is COC(=O)c1ccc(CN)cc1OC.Cl. The molecule has 2 N–H and O–H groups in total. The third-order valence-corrected chi connectivity index (χ3v) is 1.91. The Morgan fingerprint density at radius 2 is 2.07 bits per heavy atom. The monoisotopic (exact) mass is 231 g/mol. The molecule has 1 aromatic carbocycles. The van der Waals surface area contributed by atoms with E-state index in [4.69, 9.17) is 10.5 Å². The Morgan fingerprint density at radius 1 is 1.40 bits per heavy atom. The number of carbonyl (C=O) groups excluding carboxylic acids is 1. The van der Waals surface area contributed by atoms with Crippen molar-refractivity contribution in [2.45, 2.75) is 6.54 Å². The molecule has 0 aromatic heterocycles. The molecule has 0 spiro atoms. The van der Waals surface area contributed by atoms with Crippen LogP contribution in [0.2, 0.25) is 0 Å². The number of esters is 1. The molecule has 4 nitrogen and oxygen atoms in total. The molecule has 0 fully saturated rings. The summed E-state index contributed by atoms with van der Waals surface area (Å²) in [6, 6.07) is 5.15. The fraction of sp³-hybridized carbons (Fsp3) is 0.300. The van der Waals surface area contributed by atoms with Gasteiger partial charge in [0.25, 0.3) is 0 Å². The largest absolute Gasteiger partial charge is 0.496 e. The molecular weight excluding hydrogens is 218 g/mol. The van der Waals surface area contributed by atoms with Gasteiger partial charge in [0.1, 0.15) is 11.3 Å². The molecule has 0 bridgehead atoms. The van der Waals surface area contributed by atoms with Gasteiger partial charge in [-0.25, -0.2) is 4.79 Å². The minimum atomic E-state index is -0.412. The summed E-state index contributed by atoms with van der Waals surface area (Å²) in [7, 11) is 2.83. The fourth-order valence-corrected chi connectivity index (χ4v) is 1.14. The van der Waals surface area contributed by atoms with Crippen LogP contribution in [0.15, 0.2) is 18.2 Å². The van der Waals surface area contributed by atoms with Gasteiger partial charge in [-0.3, -0.25) is 0 Å². The maximum absolute atomic E-state index is 11.3. The predicted octanol–water partition coefficient (Wildman–Crippen LogP) is 1.36. The Morgan fingerprint density at radius 3 is 2.53 bits per heavy atom. The van der Waals surface area contributed by atoms with E-state index in [0.717, 1.165) is 5.56 Å². The molecule has 0 saturated heterocycles. The Labute approximate surface area is 94.8 Å². The molecular formula is C10H14ClNO3. The van der Waals surface area contributed by atoms with Crippen molar-refractivity contribution in [3.8, 4) is 5.75 Å². The first-order valence-corrected chi connectivity index (χ1v) is 4.18. The second-order valence-electron chi connectivity index (χ2n) is 2.73. The third-order valence-electron chi connectivity index (χ3n) is 1.91. The first-order chi connectivity index (χ1) is 6.72. The number of methoxy groups -OCH3 is 2. The summed E-state index contributed by atoms with van der Waals surface area (Å²) in [6.45, 7) is 0.414. The number of nitrogens with two attached hydrogens (primary N) is 1. The van der Waals surface area contributed by atoms with E-state index in [9.17, 15) is 4.79 Å². The summed E-state index contributed by atoms with van der Waals surface area (Å²) in [5.74, 6) is 0.0743. The van der Waals surface area contributed by atoms with E-state index in [2.05, 4.69) is 4.74 Å². The second kappa shape index (κ2) is 6.27. The maximum Gasteiger partial charge on any atom is 0.341 e. The standard InChI is InChI=1S/C10H13NO3.ClH/c1-13-9-5-7(6-11)3-4-8(9)10(12)14-2;/h3-5H,6,11H2,1-2H3;1H. The van der Waals surface area contributed by atoms with Crippen molar-refractivity contribution in [2.75, 3.05) is 14.2 Å². The van der Waals surface area contributed by atoms with Gasteiger partial charge in [0.2, 0.25) is 0 Å². The lowest BCUT2D eigenvalue weighted by molar-refractivity contribution is 0.0597. The van der Waals surface area contributed by atoms with E-state index in [0.29, 0.717) is 17.9 Å². The second-order valence-corrected chi connectivity index (χ2v) is 2.73. The Bertz CT molecular complexity index is 341. The Hall–Kier alpha value is -1.26. The quantitative estimate of drug-likeness (QED) is 0.798. The van der Waals surface area contributed by atoms with Crippen molar-refractivity contribution in [3.05, 3.63) is 29.3 Å². The van der Waals surface area contributed by atoms with Crippen LogP contribution >= 0.6 is 12.4 Å². The van der Waals surface area contributed by atoms with E-state index in [-0.39, 0.29) is 12.4 Å². The highest BCUT2D eigenvalue weighted by Crippen LogP contribution is 2.20. The first-order valence-electron chi connectivity index (χ1n) is 4.18. The molecule has 0 radical (unpaired) electrons. The summed E-state index contributed by atoms with van der Waals surface area (Å²) >= 11 is 0. The zero-order valence-electron chi connectivity index (χ0n) is 8.65. The highest BCUT2D eigenvalue weighted by Gasteiger charge is 2.12. The number of carbonyl (C=O) groups is 1. The van der Waals surface area contributed by atoms with Crippen molar-refractivity contribution in [3.63, 3.8) is 0 Å². The number of rotatable bonds is 3. The van der Waals surface area contributed by atoms with Gasteiger partial charge in [-0.05, 0) is 17.7 Å². The molecule has 0 aliphatic heterocycles. The zero-order valence-corrected chi connectivity index (χ0v) is 9.47. The zero-order chi connectivity index (χ0) is 10.6. The molecule has 0 unspecified atom stereocenters. The number of halogens is 1. The highest BCUT2D eigenvalue weighted by molar-refractivity contribution is 5.92. The minimum Gasteiger partial charge on any atom is -0.496 e. The van der Waals surface area contributed by atoms with E-state index in [1.807, 2.05) is 0 Å². The summed E-state index contributed by atoms with van der Waals surface area (Å²) in [6.07, 6.45) is 0. The van der Waals surface area contributed by atoms with Crippen LogP contribution < -0.4 is 10.5 Å². The van der Waals surface area contributed by atoms with Crippen LogP contribution in [0.4, 0.5) is 0 Å². The van der Waals surface area contributed by atoms with E-state index in [1.165, 1.54) is 14.2 Å². The predicted molar refractivity (Wildman–Crippen MR) is 59.5 cm³/mol. The summed E-state index contributed by atoms with van der Waals surface area (Å²) in [5.41, 5.74) is 6.78. The number of hydrogen-bond donors (Lipinski definition) is 1. The highest BCUT2D eigenvalue weighted by atomic mass is 35.5. The van der Waals surface area contributed by atoms with Gasteiger partial charge in [0.15, 0.2) is 0 Å². The summed E-state index contributed by atoms with van der Waals surface area (Å²) < 4.78 is 9.66. The lowest BCUT2D eigenvalue weighted by Crippen LogP contribution is -2.05. The summed E-state index contributed by atoms with van der Waals surface area (Å²) in [5, 5.41) is 0. The molecule has 0 amide bonds. The molecule has 1 aromatic rings. The van der Waals surface area contributed by atoms with E-state index < -0.39 is 5.97 Å². The lowest BCUT2D eigenvalue weighted by atomic mass is 10.1. The van der Waals surface area contributed by atoms with Gasteiger partial charge in [0, 0.05) is 6.54 Å². The van der Waals surface area contributed by atoms with Crippen LogP contribution in [-0.2, 0) is 11.3 Å². The molecule has 0 saturated carbocycles. The van der Waals surface area contributed by atoms with Gasteiger partial charge >= 0.3 is 5.97 Å². The third kappa shape index (κ3) is 3.11. The average molecular weight is 232 g/mol. The minimum absolute atomic E-state index is 0. The van der Waals surface area contributed by atoms with Crippen LogP contribution in [-0.4, -0.2) is 20.2 Å². The van der Waals surface area contributed by atoms with E-state index >= 15 is 0 Å². The molecule has 1 rings (SSSR count). The van der Waals surface area contributed by atoms with Crippen LogP contribution in [0.1, 0.15) is 15.9 Å². The Balaban J connectivity index is 0.00000196. The van der Waals surface area contributed by atoms with Crippen molar-refractivity contribution >= 4 is 18.4 Å². The molecule has 0 heterocycles. The lowest BCUT2D eigenvalue weighted by Gasteiger charge is -2.07. The molecule has 0 aliphatic carbocycles. The molecule has 5 heteroatoms. The fourth-order valence-electron chi connectivity index (χ4n) is 1.14.